The maximum Gasteiger partial charge on any atom is 0.0563 e. The van der Waals surface area contributed by atoms with Gasteiger partial charge in [-0.05, 0) is 24.7 Å². The zero-order valence-electron chi connectivity index (χ0n) is 10.4. The van der Waals surface area contributed by atoms with Gasteiger partial charge >= 0.3 is 0 Å². The van der Waals surface area contributed by atoms with Gasteiger partial charge in [-0.2, -0.15) is 0 Å². The summed E-state index contributed by atoms with van der Waals surface area (Å²) in [5, 5.41) is 9.70. The highest BCUT2D eigenvalue weighted by atomic mass is 16.3. The van der Waals surface area contributed by atoms with Crippen LogP contribution < -0.4 is 0 Å². The van der Waals surface area contributed by atoms with Gasteiger partial charge in [0, 0.05) is 0 Å². The van der Waals surface area contributed by atoms with Crippen molar-refractivity contribution in [2.45, 2.75) is 72.3 Å². The number of unbranched alkanes of at least 4 members (excludes halogenated alkanes) is 1. The second-order valence-electron chi connectivity index (χ2n) is 4.81. The van der Waals surface area contributed by atoms with E-state index < -0.39 is 0 Å². The second-order valence-corrected chi connectivity index (χ2v) is 4.81. The van der Waals surface area contributed by atoms with Gasteiger partial charge in [-0.1, -0.05) is 53.4 Å². The Labute approximate surface area is 89.9 Å². The van der Waals surface area contributed by atoms with Crippen LogP contribution in [0.3, 0.4) is 0 Å². The number of hydrogen-bond donors (Lipinski definition) is 1. The Morgan fingerprint density at radius 3 is 2.07 bits per heavy atom. The first-order valence-corrected chi connectivity index (χ1v) is 6.29. The van der Waals surface area contributed by atoms with E-state index in [2.05, 4.69) is 27.7 Å². The summed E-state index contributed by atoms with van der Waals surface area (Å²) < 4.78 is 0. The van der Waals surface area contributed by atoms with Gasteiger partial charge in [-0.15, -0.1) is 0 Å². The molecule has 0 bridgehead atoms. The Hall–Kier alpha value is -0.0400. The molecule has 0 aromatic carbocycles. The van der Waals surface area contributed by atoms with Crippen LogP contribution in [0.15, 0.2) is 0 Å². The molecule has 14 heavy (non-hydrogen) atoms. The van der Waals surface area contributed by atoms with Crippen molar-refractivity contribution in [3.8, 4) is 0 Å². The number of aliphatic hydroxyl groups is 1. The van der Waals surface area contributed by atoms with Crippen molar-refractivity contribution in [1.82, 2.24) is 0 Å². The monoisotopic (exact) mass is 200 g/mol. The minimum absolute atomic E-state index is 0.0920. The van der Waals surface area contributed by atoms with Gasteiger partial charge in [-0.3, -0.25) is 0 Å². The summed E-state index contributed by atoms with van der Waals surface area (Å²) in [7, 11) is 0. The summed E-state index contributed by atoms with van der Waals surface area (Å²) >= 11 is 0. The molecule has 2 atom stereocenters. The maximum absolute atomic E-state index is 9.70. The third-order valence-corrected chi connectivity index (χ3v) is 3.18. The van der Waals surface area contributed by atoms with Crippen molar-refractivity contribution in [3.05, 3.63) is 0 Å². The molecule has 2 unspecified atom stereocenters. The zero-order valence-corrected chi connectivity index (χ0v) is 10.4. The van der Waals surface area contributed by atoms with Crippen LogP contribution in [0.2, 0.25) is 0 Å². The molecule has 0 saturated heterocycles. The number of rotatable bonds is 8. The molecule has 0 saturated carbocycles. The van der Waals surface area contributed by atoms with E-state index in [9.17, 15) is 5.11 Å². The second kappa shape index (κ2) is 8.28. The zero-order chi connectivity index (χ0) is 11.0. The molecule has 0 aliphatic rings. The minimum Gasteiger partial charge on any atom is -0.393 e. The molecule has 0 spiro atoms. The van der Waals surface area contributed by atoms with Crippen LogP contribution in [0.4, 0.5) is 0 Å². The Kier molecular flexibility index (Phi) is 8.26. The van der Waals surface area contributed by atoms with Crippen molar-refractivity contribution < 1.29 is 5.11 Å². The van der Waals surface area contributed by atoms with E-state index in [1.807, 2.05) is 0 Å². The van der Waals surface area contributed by atoms with E-state index in [1.54, 1.807) is 0 Å². The first-order chi connectivity index (χ1) is 6.61. The largest absolute Gasteiger partial charge is 0.393 e. The molecule has 1 heteroatoms. The predicted octanol–water partition coefficient (Wildman–Crippen LogP) is 4.00. The van der Waals surface area contributed by atoms with Gasteiger partial charge < -0.3 is 5.11 Å². The molecule has 0 fully saturated rings. The van der Waals surface area contributed by atoms with Crippen LogP contribution in [0.25, 0.3) is 0 Å². The van der Waals surface area contributed by atoms with Gasteiger partial charge in [0.05, 0.1) is 6.10 Å². The minimum atomic E-state index is -0.0920. The van der Waals surface area contributed by atoms with E-state index >= 15 is 0 Å². The van der Waals surface area contributed by atoms with Crippen molar-refractivity contribution in [2.75, 3.05) is 0 Å². The first-order valence-electron chi connectivity index (χ1n) is 6.29. The fourth-order valence-electron chi connectivity index (χ4n) is 1.79. The van der Waals surface area contributed by atoms with Crippen LogP contribution in [-0.2, 0) is 0 Å². The molecule has 0 rings (SSSR count). The third kappa shape index (κ3) is 6.42. The summed E-state index contributed by atoms with van der Waals surface area (Å²) in [5.74, 6) is 1.25. The van der Waals surface area contributed by atoms with Gasteiger partial charge in [0.1, 0.15) is 0 Å². The molecule has 1 N–H and O–H groups in total. The average Bonchev–Trinajstić information content (AvgIpc) is 2.17. The standard InChI is InChI=1S/C13H28O/c1-5-7-8-12(6-2)9-10-13(14)11(3)4/h11-14H,5-10H2,1-4H3. The van der Waals surface area contributed by atoms with Crippen LogP contribution >= 0.6 is 0 Å². The Balaban J connectivity index is 3.60. The summed E-state index contributed by atoms with van der Waals surface area (Å²) in [5.41, 5.74) is 0. The average molecular weight is 200 g/mol. The van der Waals surface area contributed by atoms with Crippen LogP contribution in [0, 0.1) is 11.8 Å². The Bertz CT molecular complexity index is 120. The SMILES string of the molecule is CCCCC(CC)CCC(O)C(C)C. The number of hydrogen-bond acceptors (Lipinski definition) is 1. The number of aliphatic hydroxyl groups excluding tert-OH is 1. The van der Waals surface area contributed by atoms with Crippen LogP contribution in [-0.4, -0.2) is 11.2 Å². The lowest BCUT2D eigenvalue weighted by Crippen LogP contribution is -2.16. The van der Waals surface area contributed by atoms with Crippen LogP contribution in [0.5, 0.6) is 0 Å². The highest BCUT2D eigenvalue weighted by Gasteiger charge is 2.12. The highest BCUT2D eigenvalue weighted by Crippen LogP contribution is 2.21. The van der Waals surface area contributed by atoms with Crippen LogP contribution in [0.1, 0.15) is 66.2 Å². The topological polar surface area (TPSA) is 20.2 Å². The van der Waals surface area contributed by atoms with Crippen molar-refractivity contribution in [2.24, 2.45) is 11.8 Å². The Morgan fingerprint density at radius 2 is 1.64 bits per heavy atom. The fraction of sp³-hybridized carbons (Fsp3) is 1.00. The summed E-state index contributed by atoms with van der Waals surface area (Å²) in [6.45, 7) is 8.70. The normalized spacial score (nSPS) is 15.9. The van der Waals surface area contributed by atoms with Crippen molar-refractivity contribution in [3.63, 3.8) is 0 Å². The molecule has 1 nitrogen and oxygen atoms in total. The lowest BCUT2D eigenvalue weighted by molar-refractivity contribution is 0.107. The van der Waals surface area contributed by atoms with Gasteiger partial charge in [0.15, 0.2) is 0 Å². The molecule has 0 aromatic rings. The fourth-order valence-corrected chi connectivity index (χ4v) is 1.79. The van der Waals surface area contributed by atoms with E-state index in [-0.39, 0.29) is 6.10 Å². The smallest absolute Gasteiger partial charge is 0.0563 e. The van der Waals surface area contributed by atoms with Gasteiger partial charge in [0.25, 0.3) is 0 Å². The maximum atomic E-state index is 9.70. The first kappa shape index (κ1) is 14.0. The lowest BCUT2D eigenvalue weighted by atomic mass is 9.91. The third-order valence-electron chi connectivity index (χ3n) is 3.18. The lowest BCUT2D eigenvalue weighted by Gasteiger charge is -2.19. The molecule has 86 valence electrons. The van der Waals surface area contributed by atoms with Crippen molar-refractivity contribution >= 4 is 0 Å². The molecule has 0 aliphatic heterocycles. The predicted molar refractivity (Wildman–Crippen MR) is 63.4 cm³/mol. The van der Waals surface area contributed by atoms with Crippen molar-refractivity contribution in [1.29, 1.82) is 0 Å². The molecule has 0 radical (unpaired) electrons. The van der Waals surface area contributed by atoms with Gasteiger partial charge in [-0.25, -0.2) is 0 Å². The Morgan fingerprint density at radius 1 is 1.00 bits per heavy atom. The van der Waals surface area contributed by atoms with E-state index in [4.69, 9.17) is 0 Å². The summed E-state index contributed by atoms with van der Waals surface area (Å²) in [6, 6.07) is 0. The molecule has 0 aromatic heterocycles. The molecular weight excluding hydrogens is 172 g/mol. The highest BCUT2D eigenvalue weighted by molar-refractivity contribution is 4.64. The van der Waals surface area contributed by atoms with E-state index in [0.29, 0.717) is 5.92 Å². The molecule has 0 amide bonds. The summed E-state index contributed by atoms with van der Waals surface area (Å²) in [6.07, 6.45) is 7.35. The van der Waals surface area contributed by atoms with Gasteiger partial charge in [0.2, 0.25) is 0 Å². The molecular formula is C13H28O. The van der Waals surface area contributed by atoms with E-state index in [0.717, 1.165) is 12.3 Å². The quantitative estimate of drug-likeness (QED) is 0.628. The van der Waals surface area contributed by atoms with E-state index in [1.165, 1.54) is 32.1 Å². The molecule has 0 heterocycles. The summed E-state index contributed by atoms with van der Waals surface area (Å²) in [4.78, 5) is 0. The molecule has 0 aliphatic carbocycles.